The summed E-state index contributed by atoms with van der Waals surface area (Å²) in [4.78, 5) is 11.2. The Kier molecular flexibility index (Phi) is 4.24. The third-order valence-corrected chi connectivity index (χ3v) is 3.79. The highest BCUT2D eigenvalue weighted by Crippen LogP contribution is 2.30. The van der Waals surface area contributed by atoms with Gasteiger partial charge in [0.1, 0.15) is 0 Å². The summed E-state index contributed by atoms with van der Waals surface area (Å²) in [6.45, 7) is 2.03. The van der Waals surface area contributed by atoms with Gasteiger partial charge in [-0.25, -0.2) is 4.68 Å². The second-order valence-electron chi connectivity index (χ2n) is 5.31. The molecule has 0 unspecified atom stereocenters. The van der Waals surface area contributed by atoms with Crippen molar-refractivity contribution in [3.63, 3.8) is 0 Å². The van der Waals surface area contributed by atoms with Crippen molar-refractivity contribution in [2.45, 2.75) is 19.8 Å². The van der Waals surface area contributed by atoms with E-state index in [0.29, 0.717) is 5.69 Å². The fourth-order valence-electron chi connectivity index (χ4n) is 2.80. The largest absolute Gasteiger partial charge is 0.481 e. The summed E-state index contributed by atoms with van der Waals surface area (Å²) < 4.78 is 1.85. The summed E-state index contributed by atoms with van der Waals surface area (Å²) in [5.41, 5.74) is 4.55. The van der Waals surface area contributed by atoms with E-state index in [1.807, 2.05) is 72.3 Å². The van der Waals surface area contributed by atoms with Crippen LogP contribution in [0.1, 0.15) is 18.2 Å². The molecule has 1 heterocycles. The molecule has 1 aromatic heterocycles. The van der Waals surface area contributed by atoms with Gasteiger partial charge >= 0.3 is 5.97 Å². The van der Waals surface area contributed by atoms with Crippen LogP contribution in [0.15, 0.2) is 60.7 Å². The normalized spacial score (nSPS) is 10.7. The number of benzene rings is 2. The molecule has 0 saturated heterocycles. The number of rotatable bonds is 5. The number of hydrogen-bond donors (Lipinski definition) is 1. The lowest BCUT2D eigenvalue weighted by molar-refractivity contribution is -0.136. The van der Waals surface area contributed by atoms with Gasteiger partial charge in [-0.15, -0.1) is 0 Å². The Morgan fingerprint density at radius 3 is 2.22 bits per heavy atom. The molecule has 2 aromatic carbocycles. The van der Waals surface area contributed by atoms with E-state index in [1.165, 1.54) is 0 Å². The molecule has 3 aromatic rings. The van der Waals surface area contributed by atoms with Crippen LogP contribution in [0.5, 0.6) is 0 Å². The van der Waals surface area contributed by atoms with E-state index in [1.54, 1.807) is 0 Å². The number of carbonyl (C=O) groups is 1. The van der Waals surface area contributed by atoms with Crippen LogP contribution >= 0.6 is 0 Å². The molecule has 4 nitrogen and oxygen atoms in total. The lowest BCUT2D eigenvalue weighted by atomic mass is 10.0. The van der Waals surface area contributed by atoms with Gasteiger partial charge in [-0.3, -0.25) is 4.79 Å². The molecule has 0 atom stereocenters. The number of aromatic nitrogens is 2. The molecule has 4 heteroatoms. The van der Waals surface area contributed by atoms with E-state index >= 15 is 0 Å². The van der Waals surface area contributed by atoms with E-state index in [-0.39, 0.29) is 6.42 Å². The molecular weight excluding hydrogens is 288 g/mol. The van der Waals surface area contributed by atoms with E-state index in [9.17, 15) is 9.90 Å². The summed E-state index contributed by atoms with van der Waals surface area (Å²) in [6.07, 6.45) is 0.669. The highest BCUT2D eigenvalue weighted by atomic mass is 16.4. The van der Waals surface area contributed by atoms with E-state index < -0.39 is 5.97 Å². The van der Waals surface area contributed by atoms with Crippen LogP contribution in [-0.2, 0) is 17.6 Å². The highest BCUT2D eigenvalue weighted by molar-refractivity contribution is 5.73. The van der Waals surface area contributed by atoms with Crippen molar-refractivity contribution in [3.05, 3.63) is 71.9 Å². The second kappa shape index (κ2) is 6.48. The number of aliphatic carboxylic acids is 1. The molecule has 0 saturated carbocycles. The fourth-order valence-corrected chi connectivity index (χ4v) is 2.80. The van der Waals surface area contributed by atoms with E-state index in [0.717, 1.165) is 28.9 Å². The van der Waals surface area contributed by atoms with Crippen LogP contribution in [-0.4, -0.2) is 20.9 Å². The Labute approximate surface area is 135 Å². The number of hydrogen-bond acceptors (Lipinski definition) is 2. The minimum absolute atomic E-state index is 0.0666. The van der Waals surface area contributed by atoms with E-state index in [4.69, 9.17) is 0 Å². The van der Waals surface area contributed by atoms with Crippen LogP contribution in [0.25, 0.3) is 16.9 Å². The molecule has 1 N–H and O–H groups in total. The molecule has 0 aliphatic heterocycles. The van der Waals surface area contributed by atoms with Gasteiger partial charge in [-0.1, -0.05) is 55.5 Å². The van der Waals surface area contributed by atoms with Gasteiger partial charge in [0.15, 0.2) is 0 Å². The Hall–Kier alpha value is -2.88. The van der Waals surface area contributed by atoms with Crippen molar-refractivity contribution < 1.29 is 9.90 Å². The van der Waals surface area contributed by atoms with Crippen LogP contribution in [0.3, 0.4) is 0 Å². The number of nitrogens with zero attached hydrogens (tertiary/aromatic N) is 2. The predicted octanol–water partition coefficient (Wildman–Crippen LogP) is 3.73. The van der Waals surface area contributed by atoms with Crippen LogP contribution in [0.4, 0.5) is 0 Å². The third kappa shape index (κ3) is 3.01. The molecule has 0 bridgehead atoms. The van der Waals surface area contributed by atoms with Crippen molar-refractivity contribution in [2.24, 2.45) is 0 Å². The standard InChI is InChI=1S/C19H18N2O2/c1-2-16-17(13-18(22)23)20-21(15-11-7-4-8-12-15)19(16)14-9-5-3-6-10-14/h3-12H,2,13H2,1H3,(H,22,23). The summed E-state index contributed by atoms with van der Waals surface area (Å²) in [5, 5.41) is 13.8. The smallest absolute Gasteiger partial charge is 0.309 e. The number of para-hydroxylation sites is 1. The van der Waals surface area contributed by atoms with Crippen LogP contribution < -0.4 is 0 Å². The second-order valence-corrected chi connectivity index (χ2v) is 5.31. The zero-order chi connectivity index (χ0) is 16.2. The van der Waals surface area contributed by atoms with Gasteiger partial charge < -0.3 is 5.11 Å². The number of carboxylic acids is 1. The minimum atomic E-state index is -0.864. The average molecular weight is 306 g/mol. The lowest BCUT2D eigenvalue weighted by Crippen LogP contribution is -2.03. The summed E-state index contributed by atoms with van der Waals surface area (Å²) in [6, 6.07) is 19.8. The maximum Gasteiger partial charge on any atom is 0.309 e. The molecule has 23 heavy (non-hydrogen) atoms. The maximum atomic E-state index is 11.2. The van der Waals surface area contributed by atoms with Gasteiger partial charge in [0.25, 0.3) is 0 Å². The molecule has 0 radical (unpaired) electrons. The Morgan fingerprint density at radius 2 is 1.65 bits per heavy atom. The van der Waals surface area contributed by atoms with Gasteiger partial charge in [-0.05, 0) is 18.6 Å². The topological polar surface area (TPSA) is 55.1 Å². The monoisotopic (exact) mass is 306 g/mol. The third-order valence-electron chi connectivity index (χ3n) is 3.79. The summed E-state index contributed by atoms with van der Waals surface area (Å²) in [5.74, 6) is -0.864. The molecule has 0 fully saturated rings. The fraction of sp³-hybridized carbons (Fsp3) is 0.158. The maximum absolute atomic E-state index is 11.2. The first-order valence-corrected chi connectivity index (χ1v) is 7.64. The van der Waals surface area contributed by atoms with Gasteiger partial charge in [0, 0.05) is 11.1 Å². The first-order chi connectivity index (χ1) is 11.2. The molecule has 3 rings (SSSR count). The molecule has 0 aliphatic rings. The first-order valence-electron chi connectivity index (χ1n) is 7.64. The summed E-state index contributed by atoms with van der Waals surface area (Å²) in [7, 11) is 0. The molecule has 116 valence electrons. The van der Waals surface area contributed by atoms with Gasteiger partial charge in [0.2, 0.25) is 0 Å². The van der Waals surface area contributed by atoms with Crippen molar-refractivity contribution in [2.75, 3.05) is 0 Å². The number of carboxylic acid groups (broad SMARTS) is 1. The summed E-state index contributed by atoms with van der Waals surface area (Å²) >= 11 is 0. The van der Waals surface area contributed by atoms with Crippen LogP contribution in [0, 0.1) is 0 Å². The van der Waals surface area contributed by atoms with Gasteiger partial charge in [0.05, 0.1) is 23.5 Å². The van der Waals surface area contributed by atoms with E-state index in [2.05, 4.69) is 5.10 Å². The van der Waals surface area contributed by atoms with Crippen molar-refractivity contribution in [1.82, 2.24) is 9.78 Å². The van der Waals surface area contributed by atoms with Crippen molar-refractivity contribution >= 4 is 5.97 Å². The molecule has 0 aliphatic carbocycles. The SMILES string of the molecule is CCc1c(CC(=O)O)nn(-c2ccccc2)c1-c1ccccc1. The lowest BCUT2D eigenvalue weighted by Gasteiger charge is -2.09. The van der Waals surface area contributed by atoms with Crippen molar-refractivity contribution in [3.8, 4) is 16.9 Å². The van der Waals surface area contributed by atoms with Crippen molar-refractivity contribution in [1.29, 1.82) is 0 Å². The first kappa shape index (κ1) is 15.0. The molecule has 0 amide bonds. The van der Waals surface area contributed by atoms with Gasteiger partial charge in [-0.2, -0.15) is 5.10 Å². The molecular formula is C19H18N2O2. The highest BCUT2D eigenvalue weighted by Gasteiger charge is 2.20. The predicted molar refractivity (Wildman–Crippen MR) is 89.7 cm³/mol. The minimum Gasteiger partial charge on any atom is -0.481 e. The zero-order valence-electron chi connectivity index (χ0n) is 12.9. The quantitative estimate of drug-likeness (QED) is 0.781. The Bertz CT molecular complexity index is 808. The molecule has 0 spiro atoms. The van der Waals surface area contributed by atoms with Crippen LogP contribution in [0.2, 0.25) is 0 Å². The Balaban J connectivity index is 2.25. The average Bonchev–Trinajstić information content (AvgIpc) is 2.94. The zero-order valence-corrected chi connectivity index (χ0v) is 12.9. The Morgan fingerprint density at radius 1 is 1.04 bits per heavy atom.